The summed E-state index contributed by atoms with van der Waals surface area (Å²) in [6.07, 6.45) is 0.608. The Labute approximate surface area is 111 Å². The number of rotatable bonds is 4. The third-order valence-corrected chi connectivity index (χ3v) is 3.50. The summed E-state index contributed by atoms with van der Waals surface area (Å²) in [5.74, 6) is -1.11. The van der Waals surface area contributed by atoms with Gasteiger partial charge in [-0.25, -0.2) is 4.79 Å². The molecular formula is C14H17NO4. The second-order valence-corrected chi connectivity index (χ2v) is 4.81. The number of nitrogens with zero attached hydrogens (tertiary/aromatic N) is 1. The van der Waals surface area contributed by atoms with Gasteiger partial charge in [0.1, 0.15) is 6.61 Å². The van der Waals surface area contributed by atoms with Crippen LogP contribution in [0.15, 0.2) is 30.3 Å². The standard InChI is InChI=1S/C14H17NO4/c1-15(12-7-11(8-12)13(16)17)14(18)19-9-10-5-3-2-4-6-10/h2-6,11-12H,7-9H2,1H3,(H,16,17). The van der Waals surface area contributed by atoms with Crippen LogP contribution in [0.1, 0.15) is 18.4 Å². The molecule has 0 heterocycles. The van der Waals surface area contributed by atoms with Crippen LogP contribution in [0, 0.1) is 5.92 Å². The minimum atomic E-state index is -0.790. The van der Waals surface area contributed by atoms with Crippen LogP contribution in [0.5, 0.6) is 0 Å². The molecule has 5 nitrogen and oxygen atoms in total. The zero-order chi connectivity index (χ0) is 13.8. The van der Waals surface area contributed by atoms with Gasteiger partial charge in [-0.05, 0) is 18.4 Å². The second kappa shape index (κ2) is 5.73. The number of carbonyl (C=O) groups excluding carboxylic acids is 1. The monoisotopic (exact) mass is 263 g/mol. The normalized spacial score (nSPS) is 21.3. The van der Waals surface area contributed by atoms with E-state index in [1.54, 1.807) is 7.05 Å². The van der Waals surface area contributed by atoms with Crippen molar-refractivity contribution in [3.05, 3.63) is 35.9 Å². The molecule has 1 aromatic carbocycles. The Hall–Kier alpha value is -2.04. The molecule has 0 saturated heterocycles. The summed E-state index contributed by atoms with van der Waals surface area (Å²) in [6.45, 7) is 0.235. The van der Waals surface area contributed by atoms with Crippen molar-refractivity contribution in [1.29, 1.82) is 0 Å². The molecule has 1 saturated carbocycles. The van der Waals surface area contributed by atoms with Gasteiger partial charge in [-0.1, -0.05) is 30.3 Å². The maximum Gasteiger partial charge on any atom is 0.410 e. The first kappa shape index (κ1) is 13.4. The summed E-state index contributed by atoms with van der Waals surface area (Å²) in [7, 11) is 1.65. The minimum absolute atomic E-state index is 0.0237. The topological polar surface area (TPSA) is 66.8 Å². The van der Waals surface area contributed by atoms with E-state index in [0.29, 0.717) is 12.8 Å². The molecule has 19 heavy (non-hydrogen) atoms. The molecular weight excluding hydrogens is 246 g/mol. The van der Waals surface area contributed by atoms with Crippen molar-refractivity contribution in [2.45, 2.75) is 25.5 Å². The van der Waals surface area contributed by atoms with Gasteiger partial charge < -0.3 is 14.7 Å². The van der Waals surface area contributed by atoms with E-state index in [1.165, 1.54) is 4.90 Å². The third kappa shape index (κ3) is 3.24. The van der Waals surface area contributed by atoms with Gasteiger partial charge in [-0.15, -0.1) is 0 Å². The molecule has 1 N–H and O–H groups in total. The maximum absolute atomic E-state index is 11.8. The predicted octanol–water partition coefficient (Wildman–Crippen LogP) is 2.12. The van der Waals surface area contributed by atoms with Crippen molar-refractivity contribution in [3.63, 3.8) is 0 Å². The molecule has 1 amide bonds. The maximum atomic E-state index is 11.8. The van der Waals surface area contributed by atoms with Crippen molar-refractivity contribution in [2.75, 3.05) is 7.05 Å². The highest BCUT2D eigenvalue weighted by Gasteiger charge is 2.38. The number of ether oxygens (including phenoxy) is 1. The van der Waals surface area contributed by atoms with Crippen LogP contribution in [0.2, 0.25) is 0 Å². The Kier molecular flexibility index (Phi) is 4.04. The van der Waals surface area contributed by atoms with E-state index in [0.717, 1.165) is 5.56 Å². The average molecular weight is 263 g/mol. The third-order valence-electron chi connectivity index (χ3n) is 3.50. The van der Waals surface area contributed by atoms with Gasteiger partial charge in [0.05, 0.1) is 5.92 Å². The summed E-state index contributed by atoms with van der Waals surface area (Å²) >= 11 is 0. The number of carboxylic acid groups (broad SMARTS) is 1. The van der Waals surface area contributed by atoms with Gasteiger partial charge in [0, 0.05) is 13.1 Å². The molecule has 2 rings (SSSR count). The molecule has 0 unspecified atom stereocenters. The average Bonchev–Trinajstić information content (AvgIpc) is 2.34. The van der Waals surface area contributed by atoms with Crippen molar-refractivity contribution >= 4 is 12.1 Å². The van der Waals surface area contributed by atoms with E-state index >= 15 is 0 Å². The van der Waals surface area contributed by atoms with Gasteiger partial charge in [0.25, 0.3) is 0 Å². The van der Waals surface area contributed by atoms with E-state index in [4.69, 9.17) is 9.84 Å². The minimum Gasteiger partial charge on any atom is -0.481 e. The van der Waals surface area contributed by atoms with Gasteiger partial charge in [0.2, 0.25) is 0 Å². The van der Waals surface area contributed by atoms with E-state index in [2.05, 4.69) is 0 Å². The number of aliphatic carboxylic acids is 1. The molecule has 0 spiro atoms. The molecule has 1 aliphatic rings. The molecule has 1 aliphatic carbocycles. The number of hydrogen-bond acceptors (Lipinski definition) is 3. The highest BCUT2D eigenvalue weighted by Crippen LogP contribution is 2.31. The highest BCUT2D eigenvalue weighted by atomic mass is 16.6. The van der Waals surface area contributed by atoms with Gasteiger partial charge in [0.15, 0.2) is 0 Å². The largest absolute Gasteiger partial charge is 0.481 e. The highest BCUT2D eigenvalue weighted by molar-refractivity contribution is 5.73. The van der Waals surface area contributed by atoms with Crippen molar-refractivity contribution in [2.24, 2.45) is 5.92 Å². The Morgan fingerprint density at radius 1 is 1.32 bits per heavy atom. The Bertz CT molecular complexity index is 454. The first-order chi connectivity index (χ1) is 9.08. The van der Waals surface area contributed by atoms with Gasteiger partial charge in [-0.2, -0.15) is 0 Å². The Morgan fingerprint density at radius 3 is 2.53 bits per heavy atom. The second-order valence-electron chi connectivity index (χ2n) is 4.81. The Balaban J connectivity index is 1.76. The molecule has 1 fully saturated rings. The van der Waals surface area contributed by atoms with Gasteiger partial charge in [-0.3, -0.25) is 4.79 Å². The van der Waals surface area contributed by atoms with Gasteiger partial charge >= 0.3 is 12.1 Å². The van der Waals surface area contributed by atoms with E-state index in [9.17, 15) is 9.59 Å². The summed E-state index contributed by atoms with van der Waals surface area (Å²) < 4.78 is 5.18. The smallest absolute Gasteiger partial charge is 0.410 e. The van der Waals surface area contributed by atoms with Crippen LogP contribution in [-0.2, 0) is 16.1 Å². The van der Waals surface area contributed by atoms with Crippen LogP contribution in [0.4, 0.5) is 4.79 Å². The van der Waals surface area contributed by atoms with Crippen molar-refractivity contribution < 1.29 is 19.4 Å². The fourth-order valence-electron chi connectivity index (χ4n) is 2.08. The van der Waals surface area contributed by atoms with Crippen LogP contribution >= 0.6 is 0 Å². The SMILES string of the molecule is CN(C(=O)OCc1ccccc1)C1CC(C(=O)O)C1. The van der Waals surface area contributed by atoms with Crippen molar-refractivity contribution in [3.8, 4) is 0 Å². The lowest BCUT2D eigenvalue weighted by atomic mass is 9.80. The summed E-state index contributed by atoms with van der Waals surface area (Å²) in [4.78, 5) is 24.0. The number of carbonyl (C=O) groups is 2. The molecule has 0 aromatic heterocycles. The van der Waals surface area contributed by atoms with Crippen LogP contribution in [0.3, 0.4) is 0 Å². The lowest BCUT2D eigenvalue weighted by molar-refractivity contribution is -0.146. The molecule has 0 atom stereocenters. The summed E-state index contributed by atoms with van der Waals surface area (Å²) in [5.41, 5.74) is 0.932. The van der Waals surface area contributed by atoms with Crippen LogP contribution in [-0.4, -0.2) is 35.2 Å². The number of hydrogen-bond donors (Lipinski definition) is 1. The predicted molar refractivity (Wildman–Crippen MR) is 68.5 cm³/mol. The number of benzene rings is 1. The fraction of sp³-hybridized carbons (Fsp3) is 0.429. The lowest BCUT2D eigenvalue weighted by Gasteiger charge is -2.38. The van der Waals surface area contributed by atoms with Crippen molar-refractivity contribution in [1.82, 2.24) is 4.90 Å². The first-order valence-corrected chi connectivity index (χ1v) is 6.24. The Morgan fingerprint density at radius 2 is 1.95 bits per heavy atom. The van der Waals surface area contributed by atoms with E-state index < -0.39 is 12.1 Å². The zero-order valence-corrected chi connectivity index (χ0v) is 10.8. The molecule has 1 aromatic rings. The first-order valence-electron chi connectivity index (χ1n) is 6.24. The lowest BCUT2D eigenvalue weighted by Crippen LogP contribution is -2.47. The van der Waals surface area contributed by atoms with E-state index in [-0.39, 0.29) is 18.6 Å². The molecule has 5 heteroatoms. The molecule has 0 radical (unpaired) electrons. The molecule has 102 valence electrons. The summed E-state index contributed by atoms with van der Waals surface area (Å²) in [5, 5.41) is 8.79. The zero-order valence-electron chi connectivity index (χ0n) is 10.8. The number of amides is 1. The summed E-state index contributed by atoms with van der Waals surface area (Å²) in [6, 6.07) is 9.42. The fourth-order valence-corrected chi connectivity index (χ4v) is 2.08. The molecule has 0 aliphatic heterocycles. The van der Waals surface area contributed by atoms with Crippen LogP contribution in [0.25, 0.3) is 0 Å². The molecule has 0 bridgehead atoms. The van der Waals surface area contributed by atoms with Crippen LogP contribution < -0.4 is 0 Å². The number of carboxylic acids is 1. The van der Waals surface area contributed by atoms with E-state index in [1.807, 2.05) is 30.3 Å². The quantitative estimate of drug-likeness (QED) is 0.903.